The molecule has 78 valence electrons. The molecule has 0 unspecified atom stereocenters. The van der Waals surface area contributed by atoms with E-state index in [2.05, 4.69) is 10.2 Å². The molecule has 1 aromatic carbocycles. The Morgan fingerprint density at radius 1 is 1.50 bits per heavy atom. The van der Waals surface area contributed by atoms with Crippen molar-refractivity contribution >= 4 is 12.2 Å². The number of hydrogen-bond donors (Lipinski definition) is 2. The van der Waals surface area contributed by atoms with Crippen molar-refractivity contribution in [1.82, 2.24) is 0 Å². The van der Waals surface area contributed by atoms with E-state index in [0.29, 0.717) is 18.8 Å². The molecule has 0 aliphatic rings. The van der Waals surface area contributed by atoms with Crippen LogP contribution in [-0.4, -0.2) is 13.1 Å². The Kier molecular flexibility index (Phi) is 7.07. The van der Waals surface area contributed by atoms with Gasteiger partial charge in [0.25, 0.3) is 6.47 Å². The van der Waals surface area contributed by atoms with Crippen LogP contribution in [0.15, 0.2) is 24.3 Å². The monoisotopic (exact) mass is 200 g/mol. The maximum absolute atomic E-state index is 12.2. The standard InChI is InChI=1S/C6H7FN2.C3H6O2/c7-5-1-3-6(9-8)4-2-5;1-2-5-3-4/h1-4,9H,8H2;3H,2H2,1H3. The second kappa shape index (κ2) is 8.00. The van der Waals surface area contributed by atoms with Crippen molar-refractivity contribution < 1.29 is 13.9 Å². The van der Waals surface area contributed by atoms with E-state index in [1.807, 2.05) is 0 Å². The van der Waals surface area contributed by atoms with E-state index in [1.54, 1.807) is 19.1 Å². The van der Waals surface area contributed by atoms with Crippen LogP contribution in [0.4, 0.5) is 10.1 Å². The number of anilines is 1. The molecule has 4 nitrogen and oxygen atoms in total. The molecule has 5 heteroatoms. The molecule has 0 fully saturated rings. The van der Waals surface area contributed by atoms with Gasteiger partial charge in [0, 0.05) is 5.69 Å². The summed E-state index contributed by atoms with van der Waals surface area (Å²) in [7, 11) is 0. The van der Waals surface area contributed by atoms with Gasteiger partial charge in [0.05, 0.1) is 6.61 Å². The predicted molar refractivity (Wildman–Crippen MR) is 51.9 cm³/mol. The third-order valence-electron chi connectivity index (χ3n) is 1.25. The maximum atomic E-state index is 12.2. The van der Waals surface area contributed by atoms with Gasteiger partial charge >= 0.3 is 0 Å². The van der Waals surface area contributed by atoms with Gasteiger partial charge in [-0.15, -0.1) is 0 Å². The van der Waals surface area contributed by atoms with Gasteiger partial charge in [0.1, 0.15) is 5.82 Å². The number of rotatable bonds is 3. The van der Waals surface area contributed by atoms with Crippen LogP contribution < -0.4 is 11.3 Å². The summed E-state index contributed by atoms with van der Waals surface area (Å²) >= 11 is 0. The lowest BCUT2D eigenvalue weighted by atomic mass is 10.3. The molecule has 14 heavy (non-hydrogen) atoms. The molecule has 0 aliphatic heterocycles. The number of halogens is 1. The van der Waals surface area contributed by atoms with E-state index in [-0.39, 0.29) is 5.82 Å². The number of nitrogen functional groups attached to an aromatic ring is 1. The highest BCUT2D eigenvalue weighted by molar-refractivity contribution is 5.41. The fourth-order valence-corrected chi connectivity index (χ4v) is 0.614. The van der Waals surface area contributed by atoms with Crippen LogP contribution in [0.5, 0.6) is 0 Å². The fraction of sp³-hybridized carbons (Fsp3) is 0.222. The van der Waals surface area contributed by atoms with Crippen LogP contribution in [0.2, 0.25) is 0 Å². The van der Waals surface area contributed by atoms with E-state index in [0.717, 1.165) is 0 Å². The van der Waals surface area contributed by atoms with Gasteiger partial charge in [-0.25, -0.2) is 4.39 Å². The number of nitrogens with one attached hydrogen (secondary N) is 1. The first-order valence-electron chi connectivity index (χ1n) is 4.02. The van der Waals surface area contributed by atoms with E-state index >= 15 is 0 Å². The third kappa shape index (κ3) is 5.96. The minimum Gasteiger partial charge on any atom is -0.468 e. The average molecular weight is 200 g/mol. The van der Waals surface area contributed by atoms with Gasteiger partial charge in [0.15, 0.2) is 0 Å². The number of nitrogens with two attached hydrogens (primary N) is 1. The van der Waals surface area contributed by atoms with Crippen LogP contribution >= 0.6 is 0 Å². The van der Waals surface area contributed by atoms with Gasteiger partial charge < -0.3 is 10.2 Å². The molecule has 0 bridgehead atoms. The summed E-state index contributed by atoms with van der Waals surface area (Å²) in [6.45, 7) is 2.66. The SMILES string of the molecule is CCOC=O.NNc1ccc(F)cc1. The van der Waals surface area contributed by atoms with E-state index in [1.165, 1.54) is 12.1 Å². The molecule has 0 spiro atoms. The molecular formula is C9H13FN2O2. The van der Waals surface area contributed by atoms with Crippen molar-refractivity contribution in [3.63, 3.8) is 0 Å². The predicted octanol–water partition coefficient (Wildman–Crippen LogP) is 1.29. The maximum Gasteiger partial charge on any atom is 0.293 e. The third-order valence-corrected chi connectivity index (χ3v) is 1.25. The minimum atomic E-state index is -0.256. The van der Waals surface area contributed by atoms with Crippen LogP contribution in [0.3, 0.4) is 0 Å². The summed E-state index contributed by atoms with van der Waals surface area (Å²) in [4.78, 5) is 9.18. The number of benzene rings is 1. The quantitative estimate of drug-likeness (QED) is 0.438. The Hall–Kier alpha value is -1.62. The number of carbonyl (C=O) groups excluding carboxylic acids is 1. The van der Waals surface area contributed by atoms with E-state index in [4.69, 9.17) is 5.84 Å². The Labute approximate surface area is 81.8 Å². The average Bonchev–Trinajstić information content (AvgIpc) is 2.21. The molecule has 1 rings (SSSR count). The van der Waals surface area contributed by atoms with Crippen LogP contribution in [-0.2, 0) is 9.53 Å². The van der Waals surface area contributed by atoms with Crippen LogP contribution in [0, 0.1) is 5.82 Å². The summed E-state index contributed by atoms with van der Waals surface area (Å²) in [6, 6.07) is 5.81. The summed E-state index contributed by atoms with van der Waals surface area (Å²) < 4.78 is 16.3. The second-order valence-electron chi connectivity index (χ2n) is 2.20. The highest BCUT2D eigenvalue weighted by atomic mass is 19.1. The van der Waals surface area contributed by atoms with Crippen molar-refractivity contribution in [3.8, 4) is 0 Å². The van der Waals surface area contributed by atoms with E-state index in [9.17, 15) is 9.18 Å². The number of ether oxygens (including phenoxy) is 1. The van der Waals surface area contributed by atoms with Gasteiger partial charge in [-0.1, -0.05) is 0 Å². The zero-order valence-electron chi connectivity index (χ0n) is 7.87. The molecule has 0 aliphatic carbocycles. The fourth-order valence-electron chi connectivity index (χ4n) is 0.614. The molecule has 1 aromatic rings. The lowest BCUT2D eigenvalue weighted by molar-refractivity contribution is -0.128. The smallest absolute Gasteiger partial charge is 0.293 e. The number of carbonyl (C=O) groups is 1. The molecule has 0 amide bonds. The highest BCUT2D eigenvalue weighted by Gasteiger charge is 1.87. The van der Waals surface area contributed by atoms with Crippen molar-refractivity contribution in [2.45, 2.75) is 6.92 Å². The lowest BCUT2D eigenvalue weighted by Crippen LogP contribution is -2.05. The van der Waals surface area contributed by atoms with Gasteiger partial charge in [-0.3, -0.25) is 10.6 Å². The first-order valence-corrected chi connectivity index (χ1v) is 4.02. The highest BCUT2D eigenvalue weighted by Crippen LogP contribution is 2.05. The van der Waals surface area contributed by atoms with Gasteiger partial charge in [0.2, 0.25) is 0 Å². The number of hydrogen-bond acceptors (Lipinski definition) is 4. The molecular weight excluding hydrogens is 187 g/mol. The van der Waals surface area contributed by atoms with Gasteiger partial charge in [-0.05, 0) is 31.2 Å². The first-order chi connectivity index (χ1) is 6.74. The lowest BCUT2D eigenvalue weighted by Gasteiger charge is -1.95. The van der Waals surface area contributed by atoms with E-state index < -0.39 is 0 Å². The van der Waals surface area contributed by atoms with Crippen LogP contribution in [0.25, 0.3) is 0 Å². The zero-order valence-corrected chi connectivity index (χ0v) is 7.87. The molecule has 0 saturated carbocycles. The van der Waals surface area contributed by atoms with Crippen molar-refractivity contribution in [3.05, 3.63) is 30.1 Å². The molecule has 0 aromatic heterocycles. The molecule has 0 atom stereocenters. The largest absolute Gasteiger partial charge is 0.468 e. The summed E-state index contributed by atoms with van der Waals surface area (Å²) in [5, 5.41) is 0. The van der Waals surface area contributed by atoms with Crippen LogP contribution in [0.1, 0.15) is 6.92 Å². The summed E-state index contributed by atoms with van der Waals surface area (Å²) in [6.07, 6.45) is 0. The summed E-state index contributed by atoms with van der Waals surface area (Å²) in [5.41, 5.74) is 3.09. The first kappa shape index (κ1) is 12.4. The normalized spacial score (nSPS) is 8.21. The van der Waals surface area contributed by atoms with Crippen molar-refractivity contribution in [1.29, 1.82) is 0 Å². The summed E-state index contributed by atoms with van der Waals surface area (Å²) in [5.74, 6) is 4.77. The zero-order chi connectivity index (χ0) is 10.8. The molecule has 0 heterocycles. The topological polar surface area (TPSA) is 64.3 Å². The molecule has 3 N–H and O–H groups in total. The minimum absolute atomic E-state index is 0.256. The van der Waals surface area contributed by atoms with Crippen molar-refractivity contribution in [2.75, 3.05) is 12.0 Å². The second-order valence-corrected chi connectivity index (χ2v) is 2.20. The molecule has 0 saturated heterocycles. The Balaban J connectivity index is 0.000000292. The Morgan fingerprint density at radius 2 is 2.07 bits per heavy atom. The van der Waals surface area contributed by atoms with Gasteiger partial charge in [-0.2, -0.15) is 0 Å². The Morgan fingerprint density at radius 3 is 2.36 bits per heavy atom. The molecule has 0 radical (unpaired) electrons. The Bertz CT molecular complexity index is 251. The number of hydrazine groups is 1. The van der Waals surface area contributed by atoms with Crippen molar-refractivity contribution in [2.24, 2.45) is 5.84 Å².